The molecule has 0 spiro atoms. The summed E-state index contributed by atoms with van der Waals surface area (Å²) in [5.74, 6) is 0. The Bertz CT molecular complexity index is 1770. The molecule has 204 valence electrons. The molecule has 0 aromatic heterocycles. The molecule has 0 amide bonds. The first kappa shape index (κ1) is 27.1. The number of sulfonamides is 2. The highest BCUT2D eigenvalue weighted by molar-refractivity contribution is 8.04. The van der Waals surface area contributed by atoms with E-state index < -0.39 is 46.2 Å². The third kappa shape index (κ3) is 4.85. The molecule has 11 nitrogen and oxygen atoms in total. The van der Waals surface area contributed by atoms with Crippen molar-refractivity contribution in [1.29, 1.82) is 0 Å². The first-order valence-electron chi connectivity index (χ1n) is 12.0. The normalized spacial score (nSPS) is 12.9. The molecular weight excluding hydrogens is 558 g/mol. The summed E-state index contributed by atoms with van der Waals surface area (Å²) in [6.07, 6.45) is 1.25. The molecule has 0 heterocycles. The SMILES string of the molecule is O=[N+]([O-])c1ccc(S(=O)(=O)N(Cc2cccc3c2CCc2ccccc2-3)S(=O)(=O)c2ccc([N+](=O)[O-])cc2)cc1. The highest BCUT2D eigenvalue weighted by atomic mass is 32.3. The third-order valence-electron chi connectivity index (χ3n) is 6.75. The molecule has 4 aromatic rings. The molecule has 5 rings (SSSR count). The number of benzene rings is 4. The topological polar surface area (TPSA) is 158 Å². The van der Waals surface area contributed by atoms with E-state index in [0.717, 1.165) is 70.8 Å². The Morgan fingerprint density at radius 1 is 0.625 bits per heavy atom. The summed E-state index contributed by atoms with van der Waals surface area (Å²) in [4.78, 5) is 19.8. The number of aryl methyl sites for hydroxylation is 1. The van der Waals surface area contributed by atoms with Crippen LogP contribution in [0.2, 0.25) is 0 Å². The van der Waals surface area contributed by atoms with Gasteiger partial charge in [-0.3, -0.25) is 20.2 Å². The second kappa shape index (κ2) is 10.3. The minimum atomic E-state index is -4.77. The van der Waals surface area contributed by atoms with Crippen molar-refractivity contribution < 1.29 is 26.7 Å². The fraction of sp³-hybridized carbons (Fsp3) is 0.111. The van der Waals surface area contributed by atoms with E-state index in [2.05, 4.69) is 0 Å². The molecule has 1 aliphatic carbocycles. The van der Waals surface area contributed by atoms with Crippen LogP contribution in [0.4, 0.5) is 11.4 Å². The van der Waals surface area contributed by atoms with Crippen molar-refractivity contribution in [2.24, 2.45) is 0 Å². The van der Waals surface area contributed by atoms with E-state index in [9.17, 15) is 37.1 Å². The van der Waals surface area contributed by atoms with Gasteiger partial charge in [-0.05, 0) is 64.9 Å². The summed E-state index contributed by atoms with van der Waals surface area (Å²) in [7, 11) is -9.54. The molecule has 0 radical (unpaired) electrons. The molecule has 0 saturated carbocycles. The summed E-state index contributed by atoms with van der Waals surface area (Å²) in [5.41, 5.74) is 3.54. The molecule has 0 saturated heterocycles. The molecule has 0 N–H and O–H groups in total. The van der Waals surface area contributed by atoms with Gasteiger partial charge in [0, 0.05) is 24.3 Å². The fourth-order valence-electron chi connectivity index (χ4n) is 4.74. The highest BCUT2D eigenvalue weighted by Gasteiger charge is 2.38. The molecular formula is C27H21N3O8S2. The smallest absolute Gasteiger partial charge is 0.258 e. The number of hydrogen-bond donors (Lipinski definition) is 0. The minimum Gasteiger partial charge on any atom is -0.258 e. The molecule has 1 aliphatic rings. The fourth-order valence-corrected chi connectivity index (χ4v) is 8.34. The van der Waals surface area contributed by atoms with Crippen molar-refractivity contribution in [2.75, 3.05) is 0 Å². The van der Waals surface area contributed by atoms with Crippen LogP contribution in [-0.4, -0.2) is 30.4 Å². The van der Waals surface area contributed by atoms with Crippen LogP contribution in [0, 0.1) is 20.2 Å². The van der Waals surface area contributed by atoms with Gasteiger partial charge >= 0.3 is 0 Å². The zero-order valence-corrected chi connectivity index (χ0v) is 22.3. The van der Waals surface area contributed by atoms with Gasteiger partial charge in [0.15, 0.2) is 0 Å². The van der Waals surface area contributed by atoms with Gasteiger partial charge in [0.1, 0.15) is 0 Å². The van der Waals surface area contributed by atoms with Gasteiger partial charge in [0.25, 0.3) is 31.4 Å². The quantitative estimate of drug-likeness (QED) is 0.212. The zero-order chi connectivity index (χ0) is 28.7. The summed E-state index contributed by atoms with van der Waals surface area (Å²) in [5, 5.41) is 22.2. The predicted octanol–water partition coefficient (Wildman–Crippen LogP) is 4.85. The molecule has 4 aromatic carbocycles. The highest BCUT2D eigenvalue weighted by Crippen LogP contribution is 2.37. The molecule has 0 atom stereocenters. The van der Waals surface area contributed by atoms with Gasteiger partial charge in [-0.25, -0.2) is 16.8 Å². The third-order valence-corrected chi connectivity index (χ3v) is 11.0. The lowest BCUT2D eigenvalue weighted by Crippen LogP contribution is -2.37. The number of fused-ring (bicyclic) bond motifs is 3. The van der Waals surface area contributed by atoms with Crippen molar-refractivity contribution in [2.45, 2.75) is 29.2 Å². The van der Waals surface area contributed by atoms with Crippen LogP contribution in [0.5, 0.6) is 0 Å². The number of hydrogen-bond acceptors (Lipinski definition) is 8. The number of nitro benzene ring substituents is 2. The van der Waals surface area contributed by atoms with Crippen LogP contribution >= 0.6 is 0 Å². The lowest BCUT2D eigenvalue weighted by atomic mass is 9.83. The summed E-state index contributed by atoms with van der Waals surface area (Å²) < 4.78 is 55.7. The van der Waals surface area contributed by atoms with Gasteiger partial charge in [-0.1, -0.05) is 46.2 Å². The summed E-state index contributed by atoms with van der Waals surface area (Å²) in [6, 6.07) is 20.9. The van der Waals surface area contributed by atoms with Crippen molar-refractivity contribution in [3.63, 3.8) is 0 Å². The van der Waals surface area contributed by atoms with Crippen LogP contribution in [0.3, 0.4) is 0 Å². The largest absolute Gasteiger partial charge is 0.269 e. The maximum absolute atomic E-state index is 13.8. The predicted molar refractivity (Wildman–Crippen MR) is 145 cm³/mol. The zero-order valence-electron chi connectivity index (χ0n) is 20.7. The van der Waals surface area contributed by atoms with E-state index in [4.69, 9.17) is 0 Å². The Morgan fingerprint density at radius 2 is 1.12 bits per heavy atom. The lowest BCUT2D eigenvalue weighted by Gasteiger charge is -2.26. The van der Waals surface area contributed by atoms with Crippen LogP contribution in [0.15, 0.2) is 101 Å². The van der Waals surface area contributed by atoms with Gasteiger partial charge < -0.3 is 0 Å². The maximum Gasteiger partial charge on any atom is 0.269 e. The number of nitrogens with zero attached hydrogens (tertiary/aromatic N) is 3. The van der Waals surface area contributed by atoms with Gasteiger partial charge in [0.2, 0.25) is 0 Å². The Kier molecular flexibility index (Phi) is 6.96. The Hall–Kier alpha value is -4.46. The first-order chi connectivity index (χ1) is 19.0. The average molecular weight is 580 g/mol. The van der Waals surface area contributed by atoms with Crippen molar-refractivity contribution in [3.05, 3.63) is 128 Å². The Morgan fingerprint density at radius 3 is 1.65 bits per heavy atom. The molecule has 0 fully saturated rings. The second-order valence-corrected chi connectivity index (χ2v) is 13.0. The van der Waals surface area contributed by atoms with E-state index in [1.165, 1.54) is 0 Å². The molecule has 0 aliphatic heterocycles. The van der Waals surface area contributed by atoms with Gasteiger partial charge in [0.05, 0.1) is 26.2 Å². The summed E-state index contributed by atoms with van der Waals surface area (Å²) >= 11 is 0. The molecule has 0 bridgehead atoms. The van der Waals surface area contributed by atoms with E-state index >= 15 is 0 Å². The van der Waals surface area contributed by atoms with Crippen molar-refractivity contribution in [1.82, 2.24) is 3.71 Å². The van der Waals surface area contributed by atoms with Gasteiger partial charge in [-0.15, -0.1) is 0 Å². The van der Waals surface area contributed by atoms with Crippen LogP contribution in [0.1, 0.15) is 16.7 Å². The Labute approximate surface area is 229 Å². The maximum atomic E-state index is 13.8. The minimum absolute atomic E-state index is 0.346. The van der Waals surface area contributed by atoms with E-state index in [1.54, 1.807) is 12.1 Å². The monoisotopic (exact) mass is 579 g/mol. The van der Waals surface area contributed by atoms with Gasteiger partial charge in [-0.2, -0.15) is 0 Å². The van der Waals surface area contributed by atoms with Crippen LogP contribution in [-0.2, 0) is 39.4 Å². The lowest BCUT2D eigenvalue weighted by molar-refractivity contribution is -0.385. The summed E-state index contributed by atoms with van der Waals surface area (Å²) in [6.45, 7) is -0.552. The van der Waals surface area contributed by atoms with Crippen molar-refractivity contribution >= 4 is 31.4 Å². The van der Waals surface area contributed by atoms with Crippen LogP contribution < -0.4 is 0 Å². The molecule has 40 heavy (non-hydrogen) atoms. The molecule has 13 heteroatoms. The number of non-ortho nitro benzene ring substituents is 2. The molecule has 0 unspecified atom stereocenters. The second-order valence-electron chi connectivity index (χ2n) is 9.04. The first-order valence-corrected chi connectivity index (χ1v) is 14.8. The number of rotatable bonds is 8. The van der Waals surface area contributed by atoms with Crippen LogP contribution in [0.25, 0.3) is 11.1 Å². The van der Waals surface area contributed by atoms with E-state index in [1.807, 2.05) is 30.3 Å². The average Bonchev–Trinajstić information content (AvgIpc) is 2.95. The van der Waals surface area contributed by atoms with Crippen molar-refractivity contribution in [3.8, 4) is 11.1 Å². The Balaban J connectivity index is 1.64. The van der Waals surface area contributed by atoms with E-state index in [-0.39, 0.29) is 11.4 Å². The number of nitro groups is 2. The standard InChI is InChI=1S/C27H21N3O8S2/c31-29(32)21-9-13-23(14-10-21)39(35,36)28(40(37,38)24-15-11-22(12-16-24)30(33)34)18-20-5-3-7-27-25-6-2-1-4-19(25)8-17-26(20)27/h1-7,9-16H,8,17-18H2. The van der Waals surface area contributed by atoms with E-state index in [0.29, 0.717) is 22.1 Å².